The van der Waals surface area contributed by atoms with Crippen molar-refractivity contribution in [3.8, 4) is 0 Å². The van der Waals surface area contributed by atoms with Gasteiger partial charge in [0, 0.05) is 0 Å². The molecule has 0 aromatic heterocycles. The molecule has 0 aliphatic carbocycles. The lowest BCUT2D eigenvalue weighted by atomic mass is 9.96. The molecule has 0 heterocycles. The number of hydrogen-bond donors (Lipinski definition) is 2. The van der Waals surface area contributed by atoms with E-state index in [1.807, 2.05) is 0 Å². The highest BCUT2D eigenvalue weighted by atomic mass is 16.4. The van der Waals surface area contributed by atoms with Crippen LogP contribution in [0.25, 0.3) is 0 Å². The molecule has 2 atom stereocenters. The molecule has 0 aliphatic rings. The van der Waals surface area contributed by atoms with Gasteiger partial charge in [-0.1, -0.05) is 39.5 Å². The second-order valence-corrected chi connectivity index (χ2v) is 4.12. The second-order valence-electron chi connectivity index (χ2n) is 4.12. The first-order chi connectivity index (χ1) is 6.57. The van der Waals surface area contributed by atoms with Gasteiger partial charge in [-0.05, 0) is 18.8 Å². The van der Waals surface area contributed by atoms with E-state index in [0.717, 1.165) is 6.42 Å². The SMILES string of the molecule is CCCCCC(C)CCC(N)C(=O)O. The molecule has 3 heteroatoms. The van der Waals surface area contributed by atoms with Gasteiger partial charge in [-0.3, -0.25) is 4.79 Å². The molecule has 3 nitrogen and oxygen atoms in total. The Morgan fingerprint density at radius 2 is 1.93 bits per heavy atom. The van der Waals surface area contributed by atoms with Gasteiger partial charge in [-0.2, -0.15) is 0 Å². The van der Waals surface area contributed by atoms with Crippen LogP contribution in [0.2, 0.25) is 0 Å². The van der Waals surface area contributed by atoms with E-state index in [1.165, 1.54) is 25.7 Å². The number of unbranched alkanes of at least 4 members (excludes halogenated alkanes) is 2. The minimum Gasteiger partial charge on any atom is -0.480 e. The van der Waals surface area contributed by atoms with Crippen LogP contribution in [0.4, 0.5) is 0 Å². The predicted molar refractivity (Wildman–Crippen MR) is 58.2 cm³/mol. The Morgan fingerprint density at radius 1 is 1.29 bits per heavy atom. The van der Waals surface area contributed by atoms with Gasteiger partial charge in [0.15, 0.2) is 0 Å². The van der Waals surface area contributed by atoms with Crippen LogP contribution in [0.3, 0.4) is 0 Å². The predicted octanol–water partition coefficient (Wildman–Crippen LogP) is 2.39. The third kappa shape index (κ3) is 6.89. The topological polar surface area (TPSA) is 63.3 Å². The van der Waals surface area contributed by atoms with Gasteiger partial charge < -0.3 is 10.8 Å². The van der Waals surface area contributed by atoms with Crippen LogP contribution in [0.1, 0.15) is 52.4 Å². The van der Waals surface area contributed by atoms with E-state index in [1.54, 1.807) is 0 Å². The maximum atomic E-state index is 10.4. The summed E-state index contributed by atoms with van der Waals surface area (Å²) >= 11 is 0. The number of aliphatic carboxylic acids is 1. The van der Waals surface area contributed by atoms with Crippen molar-refractivity contribution in [1.29, 1.82) is 0 Å². The lowest BCUT2D eigenvalue weighted by Crippen LogP contribution is -2.30. The summed E-state index contributed by atoms with van der Waals surface area (Å²) in [6, 6.07) is -0.677. The fourth-order valence-corrected chi connectivity index (χ4v) is 1.47. The zero-order valence-electron chi connectivity index (χ0n) is 9.33. The lowest BCUT2D eigenvalue weighted by Gasteiger charge is -2.12. The summed E-state index contributed by atoms with van der Waals surface area (Å²) in [7, 11) is 0. The summed E-state index contributed by atoms with van der Waals surface area (Å²) in [6.07, 6.45) is 6.48. The smallest absolute Gasteiger partial charge is 0.320 e. The number of hydrogen-bond acceptors (Lipinski definition) is 2. The van der Waals surface area contributed by atoms with Crippen molar-refractivity contribution in [1.82, 2.24) is 0 Å². The van der Waals surface area contributed by atoms with Crippen molar-refractivity contribution >= 4 is 5.97 Å². The molecule has 0 saturated heterocycles. The molecule has 0 bridgehead atoms. The summed E-state index contributed by atoms with van der Waals surface area (Å²) in [6.45, 7) is 4.36. The third-order valence-electron chi connectivity index (χ3n) is 2.59. The minimum atomic E-state index is -0.884. The van der Waals surface area contributed by atoms with Crippen LogP contribution < -0.4 is 5.73 Å². The summed E-state index contributed by atoms with van der Waals surface area (Å²) < 4.78 is 0. The quantitative estimate of drug-likeness (QED) is 0.593. The van der Waals surface area contributed by atoms with E-state index in [-0.39, 0.29) is 0 Å². The van der Waals surface area contributed by atoms with Gasteiger partial charge in [-0.25, -0.2) is 0 Å². The molecule has 3 N–H and O–H groups in total. The molecule has 0 radical (unpaired) electrons. The van der Waals surface area contributed by atoms with Crippen molar-refractivity contribution in [3.05, 3.63) is 0 Å². The normalized spacial score (nSPS) is 15.1. The van der Waals surface area contributed by atoms with Gasteiger partial charge in [0.25, 0.3) is 0 Å². The van der Waals surface area contributed by atoms with Gasteiger partial charge in [0.1, 0.15) is 6.04 Å². The van der Waals surface area contributed by atoms with E-state index in [0.29, 0.717) is 12.3 Å². The Balaban J connectivity index is 3.43. The third-order valence-corrected chi connectivity index (χ3v) is 2.59. The molecule has 84 valence electrons. The Hall–Kier alpha value is -0.570. The van der Waals surface area contributed by atoms with Crippen molar-refractivity contribution in [3.63, 3.8) is 0 Å². The van der Waals surface area contributed by atoms with Crippen LogP contribution in [0.15, 0.2) is 0 Å². The number of carboxylic acid groups (broad SMARTS) is 1. The van der Waals surface area contributed by atoms with E-state index in [2.05, 4.69) is 13.8 Å². The fourth-order valence-electron chi connectivity index (χ4n) is 1.47. The van der Waals surface area contributed by atoms with E-state index in [4.69, 9.17) is 10.8 Å². The molecule has 14 heavy (non-hydrogen) atoms. The van der Waals surface area contributed by atoms with Crippen LogP contribution >= 0.6 is 0 Å². The number of rotatable bonds is 8. The highest BCUT2D eigenvalue weighted by Crippen LogP contribution is 2.15. The van der Waals surface area contributed by atoms with Crippen molar-refractivity contribution < 1.29 is 9.90 Å². The molecular formula is C11H23NO2. The Labute approximate surface area is 86.7 Å². The molecule has 0 spiro atoms. The summed E-state index contributed by atoms with van der Waals surface area (Å²) in [5.74, 6) is -0.280. The van der Waals surface area contributed by atoms with E-state index in [9.17, 15) is 4.79 Å². The Kier molecular flexibility index (Phi) is 7.48. The number of carbonyl (C=O) groups is 1. The molecule has 0 rings (SSSR count). The zero-order valence-corrected chi connectivity index (χ0v) is 9.33. The number of carboxylic acids is 1. The highest BCUT2D eigenvalue weighted by molar-refractivity contribution is 5.72. The van der Waals surface area contributed by atoms with Crippen LogP contribution in [0, 0.1) is 5.92 Å². The average molecular weight is 201 g/mol. The summed E-state index contributed by atoms with van der Waals surface area (Å²) in [4.78, 5) is 10.4. The molecule has 0 fully saturated rings. The van der Waals surface area contributed by atoms with E-state index >= 15 is 0 Å². The molecule has 0 saturated carbocycles. The average Bonchev–Trinajstić information content (AvgIpc) is 2.14. The Morgan fingerprint density at radius 3 is 2.43 bits per heavy atom. The molecule has 0 aromatic rings. The first kappa shape index (κ1) is 13.4. The van der Waals surface area contributed by atoms with Gasteiger partial charge in [-0.15, -0.1) is 0 Å². The largest absolute Gasteiger partial charge is 0.480 e. The fraction of sp³-hybridized carbons (Fsp3) is 0.909. The van der Waals surface area contributed by atoms with Crippen molar-refractivity contribution in [2.24, 2.45) is 11.7 Å². The van der Waals surface area contributed by atoms with Crippen LogP contribution in [-0.2, 0) is 4.79 Å². The van der Waals surface area contributed by atoms with Gasteiger partial charge >= 0.3 is 5.97 Å². The standard InChI is InChI=1S/C11H23NO2/c1-3-4-5-6-9(2)7-8-10(12)11(13)14/h9-10H,3-8,12H2,1-2H3,(H,13,14). The van der Waals surface area contributed by atoms with Gasteiger partial charge in [0.05, 0.1) is 0 Å². The minimum absolute atomic E-state index is 0.600. The molecule has 0 aliphatic heterocycles. The number of nitrogens with two attached hydrogens (primary N) is 1. The maximum Gasteiger partial charge on any atom is 0.320 e. The molecule has 2 unspecified atom stereocenters. The second kappa shape index (κ2) is 7.80. The van der Waals surface area contributed by atoms with Crippen LogP contribution in [-0.4, -0.2) is 17.1 Å². The maximum absolute atomic E-state index is 10.4. The first-order valence-corrected chi connectivity index (χ1v) is 5.56. The summed E-state index contributed by atoms with van der Waals surface area (Å²) in [5, 5.41) is 8.58. The molecule has 0 amide bonds. The van der Waals surface area contributed by atoms with Crippen molar-refractivity contribution in [2.45, 2.75) is 58.4 Å². The first-order valence-electron chi connectivity index (χ1n) is 5.56. The van der Waals surface area contributed by atoms with Crippen LogP contribution in [0.5, 0.6) is 0 Å². The monoisotopic (exact) mass is 201 g/mol. The summed E-state index contributed by atoms with van der Waals surface area (Å²) in [5.41, 5.74) is 5.42. The van der Waals surface area contributed by atoms with Crippen molar-refractivity contribution in [2.75, 3.05) is 0 Å². The lowest BCUT2D eigenvalue weighted by molar-refractivity contribution is -0.138. The molecular weight excluding hydrogens is 178 g/mol. The highest BCUT2D eigenvalue weighted by Gasteiger charge is 2.12. The molecule has 0 aromatic carbocycles. The van der Waals surface area contributed by atoms with Gasteiger partial charge in [0.2, 0.25) is 0 Å². The zero-order chi connectivity index (χ0) is 11.0. The van der Waals surface area contributed by atoms with E-state index < -0.39 is 12.0 Å². The Bertz CT molecular complexity index is 159.